The molecule has 1 aliphatic carbocycles. The molecule has 1 aliphatic heterocycles. The molecule has 2 nitrogen and oxygen atoms in total. The fourth-order valence-corrected chi connectivity index (χ4v) is 2.98. The second-order valence-corrected chi connectivity index (χ2v) is 5.68. The van der Waals surface area contributed by atoms with Gasteiger partial charge in [-0.1, -0.05) is 6.07 Å². The van der Waals surface area contributed by atoms with E-state index in [2.05, 4.69) is 26.0 Å². The molecule has 0 amide bonds. The molecule has 2 heteroatoms. The van der Waals surface area contributed by atoms with E-state index in [0.717, 1.165) is 12.2 Å². The lowest BCUT2D eigenvalue weighted by Gasteiger charge is -2.36. The normalized spacial score (nSPS) is 25.8. The van der Waals surface area contributed by atoms with Gasteiger partial charge in [0.1, 0.15) is 11.4 Å². The monoisotopic (exact) mass is 217 g/mol. The second-order valence-electron chi connectivity index (χ2n) is 5.68. The van der Waals surface area contributed by atoms with Crippen LogP contribution < -0.4 is 10.5 Å². The number of rotatable bonds is 0. The number of nitrogens with two attached hydrogens (primary N) is 1. The standard InChI is InChI=1S/C14H19NO/c1-14(2)8-12(15)11-6-9-4-3-5-10(9)7-13(11)16-14/h6-7,12H,3-5,8,15H2,1-2H3. The summed E-state index contributed by atoms with van der Waals surface area (Å²) in [6, 6.07) is 4.63. The van der Waals surface area contributed by atoms with Crippen molar-refractivity contribution >= 4 is 0 Å². The molecule has 1 aromatic rings. The van der Waals surface area contributed by atoms with Crippen LogP contribution in [0.3, 0.4) is 0 Å². The summed E-state index contributed by atoms with van der Waals surface area (Å²) in [6.45, 7) is 4.23. The van der Waals surface area contributed by atoms with Crippen LogP contribution in [0.1, 0.15) is 49.4 Å². The van der Waals surface area contributed by atoms with Gasteiger partial charge in [0.05, 0.1) is 0 Å². The third-order valence-corrected chi connectivity index (χ3v) is 3.72. The zero-order valence-electron chi connectivity index (χ0n) is 10.0. The van der Waals surface area contributed by atoms with Crippen molar-refractivity contribution in [3.63, 3.8) is 0 Å². The SMILES string of the molecule is CC1(C)CC(N)c2cc3c(cc2O1)CCC3. The number of hydrogen-bond donors (Lipinski definition) is 1. The molecule has 0 fully saturated rings. The predicted molar refractivity (Wildman–Crippen MR) is 64.7 cm³/mol. The topological polar surface area (TPSA) is 35.2 Å². The highest BCUT2D eigenvalue weighted by atomic mass is 16.5. The average molecular weight is 217 g/mol. The van der Waals surface area contributed by atoms with E-state index in [1.54, 1.807) is 0 Å². The van der Waals surface area contributed by atoms with Crippen LogP contribution in [0.25, 0.3) is 0 Å². The minimum Gasteiger partial charge on any atom is -0.487 e. The molecular formula is C14H19NO. The Morgan fingerprint density at radius 1 is 1.25 bits per heavy atom. The zero-order valence-corrected chi connectivity index (χ0v) is 10.0. The van der Waals surface area contributed by atoms with E-state index in [1.165, 1.54) is 36.0 Å². The number of fused-ring (bicyclic) bond motifs is 2. The highest BCUT2D eigenvalue weighted by molar-refractivity contribution is 5.47. The Hall–Kier alpha value is -1.02. The highest BCUT2D eigenvalue weighted by Crippen LogP contribution is 2.41. The predicted octanol–water partition coefficient (Wildman–Crippen LogP) is 2.74. The van der Waals surface area contributed by atoms with Crippen molar-refractivity contribution in [1.82, 2.24) is 0 Å². The zero-order chi connectivity index (χ0) is 11.3. The number of benzene rings is 1. The van der Waals surface area contributed by atoms with Gasteiger partial charge < -0.3 is 10.5 Å². The minimum atomic E-state index is -0.126. The van der Waals surface area contributed by atoms with Crippen LogP contribution in [0.5, 0.6) is 5.75 Å². The number of ether oxygens (including phenoxy) is 1. The van der Waals surface area contributed by atoms with Crippen LogP contribution in [0.2, 0.25) is 0 Å². The Labute approximate surface area is 96.8 Å². The molecule has 0 saturated carbocycles. The first-order chi connectivity index (χ1) is 7.55. The Bertz CT molecular complexity index is 437. The third-order valence-electron chi connectivity index (χ3n) is 3.72. The maximum absolute atomic E-state index is 6.24. The lowest BCUT2D eigenvalue weighted by molar-refractivity contribution is 0.0727. The van der Waals surface area contributed by atoms with Crippen molar-refractivity contribution in [2.24, 2.45) is 5.73 Å². The molecule has 1 aromatic carbocycles. The van der Waals surface area contributed by atoms with Gasteiger partial charge in [0.15, 0.2) is 0 Å². The summed E-state index contributed by atoms with van der Waals surface area (Å²) < 4.78 is 6.03. The minimum absolute atomic E-state index is 0.126. The molecule has 2 aliphatic rings. The van der Waals surface area contributed by atoms with Crippen molar-refractivity contribution in [2.45, 2.75) is 51.2 Å². The summed E-state index contributed by atoms with van der Waals surface area (Å²) in [6.07, 6.45) is 4.58. The first-order valence-electron chi connectivity index (χ1n) is 6.15. The van der Waals surface area contributed by atoms with E-state index in [0.29, 0.717) is 0 Å². The smallest absolute Gasteiger partial charge is 0.125 e. The van der Waals surface area contributed by atoms with Gasteiger partial charge in [-0.25, -0.2) is 0 Å². The van der Waals surface area contributed by atoms with Gasteiger partial charge in [0.2, 0.25) is 0 Å². The van der Waals surface area contributed by atoms with Gasteiger partial charge in [0.25, 0.3) is 0 Å². The molecule has 1 heterocycles. The van der Waals surface area contributed by atoms with Gasteiger partial charge in [-0.2, -0.15) is 0 Å². The summed E-state index contributed by atoms with van der Waals surface area (Å²) in [5.41, 5.74) is 10.3. The number of aryl methyl sites for hydroxylation is 2. The molecule has 86 valence electrons. The van der Waals surface area contributed by atoms with Crippen LogP contribution >= 0.6 is 0 Å². The molecule has 0 spiro atoms. The molecule has 16 heavy (non-hydrogen) atoms. The fraction of sp³-hybridized carbons (Fsp3) is 0.571. The van der Waals surface area contributed by atoms with E-state index in [-0.39, 0.29) is 11.6 Å². The number of hydrogen-bond acceptors (Lipinski definition) is 2. The Kier molecular flexibility index (Phi) is 2.05. The Balaban J connectivity index is 2.09. The third kappa shape index (κ3) is 1.52. The first-order valence-corrected chi connectivity index (χ1v) is 6.15. The van der Waals surface area contributed by atoms with Gasteiger partial charge in [-0.3, -0.25) is 0 Å². The molecule has 0 radical (unpaired) electrons. The summed E-state index contributed by atoms with van der Waals surface area (Å²) in [5, 5.41) is 0. The van der Waals surface area contributed by atoms with Crippen LogP contribution in [0.4, 0.5) is 0 Å². The van der Waals surface area contributed by atoms with Crippen LogP contribution in [0, 0.1) is 0 Å². The van der Waals surface area contributed by atoms with Gasteiger partial charge in [-0.15, -0.1) is 0 Å². The second kappa shape index (κ2) is 3.24. The molecule has 1 unspecified atom stereocenters. The van der Waals surface area contributed by atoms with Crippen molar-refractivity contribution in [3.05, 3.63) is 28.8 Å². The summed E-state index contributed by atoms with van der Waals surface area (Å²) >= 11 is 0. The van der Waals surface area contributed by atoms with Crippen LogP contribution in [-0.2, 0) is 12.8 Å². The van der Waals surface area contributed by atoms with Crippen molar-refractivity contribution in [3.8, 4) is 5.75 Å². The van der Waals surface area contributed by atoms with E-state index in [1.807, 2.05) is 0 Å². The van der Waals surface area contributed by atoms with Crippen LogP contribution in [-0.4, -0.2) is 5.60 Å². The lowest BCUT2D eigenvalue weighted by Crippen LogP contribution is -2.37. The van der Waals surface area contributed by atoms with E-state index in [4.69, 9.17) is 10.5 Å². The molecular weight excluding hydrogens is 198 g/mol. The van der Waals surface area contributed by atoms with Gasteiger partial charge in [0, 0.05) is 18.0 Å². The lowest BCUT2D eigenvalue weighted by atomic mass is 9.88. The molecule has 0 bridgehead atoms. The van der Waals surface area contributed by atoms with Crippen molar-refractivity contribution in [1.29, 1.82) is 0 Å². The first kappa shape index (κ1) is 10.2. The maximum Gasteiger partial charge on any atom is 0.125 e. The molecule has 3 rings (SSSR count). The van der Waals surface area contributed by atoms with E-state index >= 15 is 0 Å². The Morgan fingerprint density at radius 3 is 2.69 bits per heavy atom. The molecule has 0 aromatic heterocycles. The van der Waals surface area contributed by atoms with Crippen molar-refractivity contribution < 1.29 is 4.74 Å². The fourth-order valence-electron chi connectivity index (χ4n) is 2.98. The molecule has 2 N–H and O–H groups in total. The summed E-state index contributed by atoms with van der Waals surface area (Å²) in [5.74, 6) is 1.02. The maximum atomic E-state index is 6.24. The van der Waals surface area contributed by atoms with E-state index in [9.17, 15) is 0 Å². The average Bonchev–Trinajstić information content (AvgIpc) is 2.60. The Morgan fingerprint density at radius 2 is 1.94 bits per heavy atom. The molecule has 0 saturated heterocycles. The van der Waals surface area contributed by atoms with Gasteiger partial charge >= 0.3 is 0 Å². The largest absolute Gasteiger partial charge is 0.487 e. The summed E-state index contributed by atoms with van der Waals surface area (Å²) in [4.78, 5) is 0. The molecule has 1 atom stereocenters. The quantitative estimate of drug-likeness (QED) is 0.725. The summed E-state index contributed by atoms with van der Waals surface area (Å²) in [7, 11) is 0. The van der Waals surface area contributed by atoms with Crippen molar-refractivity contribution in [2.75, 3.05) is 0 Å². The van der Waals surface area contributed by atoms with Gasteiger partial charge in [-0.05, 0) is 50.3 Å². The highest BCUT2D eigenvalue weighted by Gasteiger charge is 2.32. The van der Waals surface area contributed by atoms with E-state index < -0.39 is 0 Å². The van der Waals surface area contributed by atoms with Crippen LogP contribution in [0.15, 0.2) is 12.1 Å².